The van der Waals surface area contributed by atoms with Crippen molar-refractivity contribution in [2.75, 3.05) is 0 Å². The molecule has 0 amide bonds. The molecule has 8 heavy (non-hydrogen) atoms. The second-order valence-electron chi connectivity index (χ2n) is 2.83. The molecule has 0 saturated carbocycles. The Labute approximate surface area is 60.8 Å². The molecule has 0 aliphatic carbocycles. The number of nitrogens with one attached hydrogen (secondary N) is 1. The standard InChI is InChI=1S/C4H10N.2CH3.Ga/c1-4(2,3)5;;;/h5H,1-3H3;2*1H3;/q-1;;;+1. The second-order valence-corrected chi connectivity index (χ2v) is 5.25. The quantitative estimate of drug-likeness (QED) is 0.501. The first-order valence-electron chi connectivity index (χ1n) is 2.90. The molecule has 0 aromatic rings. The molecule has 2 heteroatoms. The number of rotatable bonds is 0. The van der Waals surface area contributed by atoms with Gasteiger partial charge in [-0.1, -0.05) is 20.8 Å². The van der Waals surface area contributed by atoms with Gasteiger partial charge in [-0.15, -0.1) is 5.54 Å². The summed E-state index contributed by atoms with van der Waals surface area (Å²) in [6.45, 7) is 5.56. The van der Waals surface area contributed by atoms with Gasteiger partial charge in [0.2, 0.25) is 0 Å². The van der Waals surface area contributed by atoms with Gasteiger partial charge >= 0.3 is 28.4 Å². The fraction of sp³-hybridized carbons (Fsp3) is 1.00. The Morgan fingerprint density at radius 1 is 1.12 bits per heavy atom. The van der Waals surface area contributed by atoms with Crippen LogP contribution < -0.4 is 0 Å². The number of hydrogen-bond donors (Lipinski definition) is 0. The molecular formula is C6H16GaN. The summed E-state index contributed by atoms with van der Waals surface area (Å²) in [7, 11) is 0. The van der Waals surface area contributed by atoms with Gasteiger partial charge in [0, 0.05) is 0 Å². The van der Waals surface area contributed by atoms with Gasteiger partial charge in [0.05, 0.1) is 0 Å². The van der Waals surface area contributed by atoms with Gasteiger partial charge in [0.25, 0.3) is 0 Å². The van der Waals surface area contributed by atoms with Gasteiger partial charge in [-0.2, -0.15) is 0 Å². The van der Waals surface area contributed by atoms with Crippen LogP contribution in [0.2, 0.25) is 11.0 Å². The van der Waals surface area contributed by atoms with Crippen LogP contribution in [-0.2, 0) is 0 Å². The van der Waals surface area contributed by atoms with Crippen molar-refractivity contribution < 1.29 is 0 Å². The van der Waals surface area contributed by atoms with Crippen LogP contribution in [0.25, 0.3) is 5.73 Å². The van der Waals surface area contributed by atoms with Gasteiger partial charge in [0.15, 0.2) is 0 Å². The fourth-order valence-electron chi connectivity index (χ4n) is 0. The van der Waals surface area contributed by atoms with Gasteiger partial charge in [-0.3, -0.25) is 0 Å². The van der Waals surface area contributed by atoms with E-state index in [-0.39, 0.29) is 5.54 Å². The van der Waals surface area contributed by atoms with Crippen LogP contribution in [-0.4, -0.2) is 22.9 Å². The zero-order valence-corrected chi connectivity index (χ0v) is 9.00. The minimum atomic E-state index is -0.250. The molecule has 0 aliphatic rings. The van der Waals surface area contributed by atoms with Crippen LogP contribution in [0.3, 0.4) is 0 Å². The zero-order chi connectivity index (χ0) is 7.21. The Balaban J connectivity index is 0. The second kappa shape index (κ2) is 5.73. The fourth-order valence-corrected chi connectivity index (χ4v) is 0. The average molecular weight is 172 g/mol. The Kier molecular flexibility index (Phi) is 8.16. The van der Waals surface area contributed by atoms with Crippen LogP contribution in [0.4, 0.5) is 0 Å². The van der Waals surface area contributed by atoms with Gasteiger partial charge in [-0.25, -0.2) is 0 Å². The van der Waals surface area contributed by atoms with Crippen LogP contribution in [0, 0.1) is 0 Å². The molecule has 0 unspecified atom stereocenters. The van der Waals surface area contributed by atoms with E-state index in [0.29, 0.717) is 17.4 Å². The molecule has 0 rings (SSSR count). The van der Waals surface area contributed by atoms with Crippen molar-refractivity contribution in [3.05, 3.63) is 5.73 Å². The average Bonchev–Trinajstić information content (AvgIpc) is 1.27. The topological polar surface area (TPSA) is 23.8 Å². The first-order valence-corrected chi connectivity index (χ1v) is 7.75. The molecule has 0 aromatic carbocycles. The van der Waals surface area contributed by atoms with Gasteiger partial charge in [-0.05, 0) is 0 Å². The van der Waals surface area contributed by atoms with Crippen molar-refractivity contribution in [1.82, 2.24) is 0 Å². The first kappa shape index (κ1) is 11.4. The Bertz CT molecular complexity index is 32.3. The van der Waals surface area contributed by atoms with Crippen LogP contribution >= 0.6 is 0 Å². The summed E-state index contributed by atoms with van der Waals surface area (Å²) in [5.41, 5.74) is 11.2. The molecule has 0 fully saturated rings. The normalized spacial score (nSPS) is 8.75. The maximum atomic E-state index is 6.94. The van der Waals surface area contributed by atoms with Gasteiger partial charge < -0.3 is 5.73 Å². The third kappa shape index (κ3) is 581. The van der Waals surface area contributed by atoms with Crippen molar-refractivity contribution in [1.29, 1.82) is 0 Å². The Morgan fingerprint density at radius 3 is 1.12 bits per heavy atom. The molecule has 0 heterocycles. The van der Waals surface area contributed by atoms with Crippen molar-refractivity contribution in [3.63, 3.8) is 0 Å². The Morgan fingerprint density at radius 2 is 1.12 bits per heavy atom. The van der Waals surface area contributed by atoms with Crippen molar-refractivity contribution >= 4 is 17.4 Å². The van der Waals surface area contributed by atoms with E-state index < -0.39 is 0 Å². The van der Waals surface area contributed by atoms with Gasteiger partial charge in [0.1, 0.15) is 0 Å². The van der Waals surface area contributed by atoms with E-state index in [9.17, 15) is 0 Å². The molecule has 0 radical (unpaired) electrons. The summed E-state index contributed by atoms with van der Waals surface area (Å²) < 4.78 is 0. The molecule has 0 bridgehead atoms. The van der Waals surface area contributed by atoms with E-state index in [0.717, 1.165) is 0 Å². The molecular weight excluding hydrogens is 156 g/mol. The molecule has 0 atom stereocenters. The van der Waals surface area contributed by atoms with Crippen LogP contribution in [0.1, 0.15) is 20.8 Å². The van der Waals surface area contributed by atoms with Crippen molar-refractivity contribution in [2.24, 2.45) is 0 Å². The Hall–Kier alpha value is 0.596. The first-order chi connectivity index (χ1) is 3.41. The minimum absolute atomic E-state index is 0.250. The summed E-state index contributed by atoms with van der Waals surface area (Å²) in [6.07, 6.45) is 0. The molecule has 0 spiro atoms. The summed E-state index contributed by atoms with van der Waals surface area (Å²) >= 11 is 0.312. The van der Waals surface area contributed by atoms with E-state index in [4.69, 9.17) is 5.73 Å². The van der Waals surface area contributed by atoms with E-state index in [1.54, 1.807) is 0 Å². The van der Waals surface area contributed by atoms with E-state index in [2.05, 4.69) is 11.0 Å². The summed E-state index contributed by atoms with van der Waals surface area (Å²) in [4.78, 5) is 0. The summed E-state index contributed by atoms with van der Waals surface area (Å²) in [5.74, 6) is 0. The predicted molar refractivity (Wildman–Crippen MR) is 41.6 cm³/mol. The van der Waals surface area contributed by atoms with Crippen molar-refractivity contribution in [3.8, 4) is 0 Å². The SMILES string of the molecule is CC(C)(C)[NH-].[CH3][Ga+][CH3]. The number of hydrogen-bond acceptors (Lipinski definition) is 0. The predicted octanol–water partition coefficient (Wildman–Crippen LogP) is 2.62. The zero-order valence-electron chi connectivity index (χ0n) is 6.58. The molecule has 1 nitrogen and oxygen atoms in total. The monoisotopic (exact) mass is 171 g/mol. The molecule has 1 N–H and O–H groups in total. The molecule has 0 aromatic heterocycles. The third-order valence-electron chi connectivity index (χ3n) is 0. The molecule has 48 valence electrons. The summed E-state index contributed by atoms with van der Waals surface area (Å²) in [6, 6.07) is 0. The maximum absolute atomic E-state index is 6.94. The van der Waals surface area contributed by atoms with E-state index in [1.807, 2.05) is 20.8 Å². The van der Waals surface area contributed by atoms with E-state index in [1.165, 1.54) is 0 Å². The van der Waals surface area contributed by atoms with Crippen molar-refractivity contribution in [2.45, 2.75) is 37.3 Å². The molecule has 0 aliphatic heterocycles. The van der Waals surface area contributed by atoms with E-state index >= 15 is 0 Å². The van der Waals surface area contributed by atoms with Crippen LogP contribution in [0.15, 0.2) is 0 Å². The molecule has 0 saturated heterocycles. The third-order valence-corrected chi connectivity index (χ3v) is 0. The summed E-state index contributed by atoms with van der Waals surface area (Å²) in [5, 5.41) is 0. The van der Waals surface area contributed by atoms with Crippen LogP contribution in [0.5, 0.6) is 0 Å².